The maximum atomic E-state index is 10.5. The Morgan fingerprint density at radius 3 is 2.82 bits per heavy atom. The van der Waals surface area contributed by atoms with Crippen molar-refractivity contribution in [1.29, 1.82) is 0 Å². The lowest BCUT2D eigenvalue weighted by molar-refractivity contribution is -0.137. The van der Waals surface area contributed by atoms with Gasteiger partial charge in [-0.3, -0.25) is 4.79 Å². The van der Waals surface area contributed by atoms with Crippen molar-refractivity contribution in [3.05, 3.63) is 37.8 Å². The predicted molar refractivity (Wildman–Crippen MR) is 121 cm³/mol. The van der Waals surface area contributed by atoms with Crippen LogP contribution in [0.3, 0.4) is 0 Å². The molecule has 154 valence electrons. The molecule has 0 aliphatic heterocycles. The number of carboxylic acid groups (broad SMARTS) is 1. The molecule has 1 aliphatic carbocycles. The summed E-state index contributed by atoms with van der Waals surface area (Å²) in [6.45, 7) is 1.04. The van der Waals surface area contributed by atoms with Crippen molar-refractivity contribution in [1.82, 2.24) is 5.32 Å². The second-order valence-electron chi connectivity index (χ2n) is 7.68. The van der Waals surface area contributed by atoms with Crippen LogP contribution in [0.25, 0.3) is 10.4 Å². The van der Waals surface area contributed by atoms with Gasteiger partial charge in [-0.25, -0.2) is 0 Å². The molecule has 6 nitrogen and oxygen atoms in total. The average molecular weight is 498 g/mol. The van der Waals surface area contributed by atoms with E-state index in [1.807, 2.05) is 6.07 Å². The molecule has 1 aromatic rings. The quantitative estimate of drug-likeness (QED) is 0.109. The average Bonchev–Trinajstić information content (AvgIpc) is 3.11. The Labute approximate surface area is 181 Å². The van der Waals surface area contributed by atoms with Crippen LogP contribution in [-0.4, -0.2) is 23.7 Å². The first kappa shape index (κ1) is 23.0. The number of nitrogens with zero attached hydrogens (tertiary/aromatic N) is 3. The summed E-state index contributed by atoms with van der Waals surface area (Å²) in [7, 11) is 0. The van der Waals surface area contributed by atoms with E-state index < -0.39 is 5.97 Å². The van der Waals surface area contributed by atoms with Crippen LogP contribution >= 0.6 is 22.6 Å². The largest absolute Gasteiger partial charge is 0.481 e. The zero-order chi connectivity index (χ0) is 20.2. The van der Waals surface area contributed by atoms with Gasteiger partial charge < -0.3 is 10.4 Å². The monoisotopic (exact) mass is 498 g/mol. The molecule has 0 amide bonds. The van der Waals surface area contributed by atoms with Gasteiger partial charge in [0.1, 0.15) is 0 Å². The molecule has 28 heavy (non-hydrogen) atoms. The number of aliphatic carboxylic acids is 1. The third-order valence-corrected chi connectivity index (χ3v) is 6.45. The first-order chi connectivity index (χ1) is 13.6. The molecule has 2 N–H and O–H groups in total. The van der Waals surface area contributed by atoms with Gasteiger partial charge in [0.2, 0.25) is 0 Å². The second-order valence-corrected chi connectivity index (χ2v) is 8.84. The highest BCUT2D eigenvalue weighted by Crippen LogP contribution is 2.30. The van der Waals surface area contributed by atoms with E-state index in [9.17, 15) is 4.79 Å². The van der Waals surface area contributed by atoms with Gasteiger partial charge in [0.25, 0.3) is 0 Å². The lowest BCUT2D eigenvalue weighted by Gasteiger charge is -2.21. The Morgan fingerprint density at radius 2 is 2.07 bits per heavy atom. The van der Waals surface area contributed by atoms with Crippen LogP contribution in [0.1, 0.15) is 69.8 Å². The Balaban J connectivity index is 1.62. The second kappa shape index (κ2) is 13.0. The molecule has 1 fully saturated rings. The number of hydrogen-bond acceptors (Lipinski definition) is 3. The van der Waals surface area contributed by atoms with Crippen molar-refractivity contribution in [2.75, 3.05) is 6.54 Å². The third-order valence-electron chi connectivity index (χ3n) is 5.59. The normalized spacial score (nSPS) is 18.8. The number of aryl methyl sites for hydroxylation is 1. The molecule has 1 aliphatic rings. The molecule has 1 saturated carbocycles. The number of carbonyl (C=O) groups is 1. The van der Waals surface area contributed by atoms with Gasteiger partial charge in [0.05, 0.1) is 5.69 Å². The maximum Gasteiger partial charge on any atom is 0.303 e. The summed E-state index contributed by atoms with van der Waals surface area (Å²) in [5.74, 6) is 0.102. The smallest absolute Gasteiger partial charge is 0.303 e. The van der Waals surface area contributed by atoms with Crippen LogP contribution in [0.15, 0.2) is 23.3 Å². The number of azide groups is 1. The van der Waals surface area contributed by atoms with Crippen molar-refractivity contribution in [2.45, 2.75) is 76.7 Å². The van der Waals surface area contributed by atoms with E-state index in [0.29, 0.717) is 18.2 Å². The van der Waals surface area contributed by atoms with Crippen LogP contribution in [0.5, 0.6) is 0 Å². The molecule has 0 saturated heterocycles. The minimum Gasteiger partial charge on any atom is -0.481 e. The molecule has 2 atom stereocenters. The van der Waals surface area contributed by atoms with Gasteiger partial charge >= 0.3 is 5.97 Å². The van der Waals surface area contributed by atoms with E-state index in [2.05, 4.69) is 50.1 Å². The summed E-state index contributed by atoms with van der Waals surface area (Å²) in [5.41, 5.74) is 10.5. The molecule has 0 bridgehead atoms. The van der Waals surface area contributed by atoms with Gasteiger partial charge in [-0.1, -0.05) is 42.9 Å². The van der Waals surface area contributed by atoms with Crippen molar-refractivity contribution in [3.63, 3.8) is 0 Å². The minimum absolute atomic E-state index is 0.306. The van der Waals surface area contributed by atoms with Crippen molar-refractivity contribution < 1.29 is 9.90 Å². The number of unbranched alkanes of at least 4 members (excludes halogenated alkanes) is 3. The first-order valence-electron chi connectivity index (χ1n) is 10.4. The fourth-order valence-electron chi connectivity index (χ4n) is 4.10. The van der Waals surface area contributed by atoms with Gasteiger partial charge in [-0.2, -0.15) is 0 Å². The van der Waals surface area contributed by atoms with Crippen LogP contribution in [0.2, 0.25) is 0 Å². The number of hydrogen-bond donors (Lipinski definition) is 2. The van der Waals surface area contributed by atoms with E-state index in [1.54, 1.807) is 0 Å². The van der Waals surface area contributed by atoms with Gasteiger partial charge in [-0.05, 0) is 90.7 Å². The molecule has 0 heterocycles. The van der Waals surface area contributed by atoms with Gasteiger partial charge in [-0.15, -0.1) is 0 Å². The summed E-state index contributed by atoms with van der Waals surface area (Å²) >= 11 is 2.22. The fourth-order valence-corrected chi connectivity index (χ4v) is 4.79. The maximum absolute atomic E-state index is 10.5. The molecule has 2 unspecified atom stereocenters. The van der Waals surface area contributed by atoms with E-state index in [0.717, 1.165) is 48.1 Å². The summed E-state index contributed by atoms with van der Waals surface area (Å²) in [6, 6.07) is 6.70. The van der Waals surface area contributed by atoms with Crippen molar-refractivity contribution in [2.24, 2.45) is 11.0 Å². The summed E-state index contributed by atoms with van der Waals surface area (Å²) in [6.07, 6.45) is 11.9. The first-order valence-corrected chi connectivity index (χ1v) is 11.5. The molecular formula is C21H31IN4O2. The Kier molecular flexibility index (Phi) is 10.7. The van der Waals surface area contributed by atoms with Crippen LogP contribution in [0, 0.1) is 9.49 Å². The van der Waals surface area contributed by atoms with Crippen molar-refractivity contribution in [3.8, 4) is 0 Å². The summed E-state index contributed by atoms with van der Waals surface area (Å²) < 4.78 is 1.00. The highest BCUT2D eigenvalue weighted by molar-refractivity contribution is 14.1. The number of benzene rings is 1. The summed E-state index contributed by atoms with van der Waals surface area (Å²) in [5, 5.41) is 16.1. The minimum atomic E-state index is -0.679. The standard InChI is InChI=1S/C21H31IN4O2/c22-18-15-16(12-13-20(18)25-26-23)7-6-14-24-19-10-5-9-17(19)8-3-1-2-4-11-21(27)28/h12-13,15,17,19,24H,1-11,14H2,(H,27,28). The molecule has 7 heteroatoms. The Hall–Kier alpha value is -1.31. The molecule has 0 spiro atoms. The lowest BCUT2D eigenvalue weighted by atomic mass is 9.95. The summed E-state index contributed by atoms with van der Waals surface area (Å²) in [4.78, 5) is 13.4. The van der Waals surface area contributed by atoms with Crippen LogP contribution < -0.4 is 5.32 Å². The van der Waals surface area contributed by atoms with E-state index in [1.165, 1.54) is 37.7 Å². The molecule has 1 aromatic carbocycles. The predicted octanol–water partition coefficient (Wildman–Crippen LogP) is 6.35. The Morgan fingerprint density at radius 1 is 1.25 bits per heavy atom. The molecule has 0 aromatic heterocycles. The highest BCUT2D eigenvalue weighted by atomic mass is 127. The topological polar surface area (TPSA) is 98.1 Å². The van der Waals surface area contributed by atoms with E-state index in [4.69, 9.17) is 10.6 Å². The SMILES string of the molecule is [N-]=[N+]=Nc1ccc(CCCNC2CCCC2CCCCCCC(=O)O)cc1I. The number of rotatable bonds is 13. The van der Waals surface area contributed by atoms with Crippen LogP contribution in [-0.2, 0) is 11.2 Å². The Bertz CT molecular complexity index is 676. The lowest BCUT2D eigenvalue weighted by Crippen LogP contribution is -2.33. The van der Waals surface area contributed by atoms with Crippen molar-refractivity contribution >= 4 is 34.2 Å². The molecular weight excluding hydrogens is 467 g/mol. The zero-order valence-corrected chi connectivity index (χ0v) is 18.6. The van der Waals surface area contributed by atoms with Gasteiger partial charge in [0.15, 0.2) is 0 Å². The van der Waals surface area contributed by atoms with Crippen LogP contribution in [0.4, 0.5) is 5.69 Å². The third kappa shape index (κ3) is 8.37. The van der Waals surface area contributed by atoms with Gasteiger partial charge in [0, 0.05) is 20.9 Å². The highest BCUT2D eigenvalue weighted by Gasteiger charge is 2.25. The number of halogens is 1. The molecule has 0 radical (unpaired) electrons. The zero-order valence-electron chi connectivity index (χ0n) is 16.4. The van der Waals surface area contributed by atoms with E-state index >= 15 is 0 Å². The fraction of sp³-hybridized carbons (Fsp3) is 0.667. The molecule has 2 rings (SSSR count). The number of nitrogens with one attached hydrogen (secondary N) is 1. The van der Waals surface area contributed by atoms with E-state index in [-0.39, 0.29) is 0 Å². The number of carboxylic acids is 1.